The number of rotatable bonds is 6. The average Bonchev–Trinajstić information content (AvgIpc) is 3.06. The van der Waals surface area contributed by atoms with E-state index in [1.54, 1.807) is 4.90 Å². The van der Waals surface area contributed by atoms with E-state index in [0.717, 1.165) is 24.2 Å². The molecule has 0 bridgehead atoms. The third kappa shape index (κ3) is 4.56. The molecule has 3 rings (SSSR count). The first kappa shape index (κ1) is 17.0. The zero-order valence-electron chi connectivity index (χ0n) is 13.7. The van der Waals surface area contributed by atoms with Crippen molar-refractivity contribution in [1.29, 1.82) is 0 Å². The number of halogens is 1. The predicted molar refractivity (Wildman–Crippen MR) is 91.8 cm³/mol. The fourth-order valence-corrected chi connectivity index (χ4v) is 2.65. The SMILES string of the molecule is O=C(COc1ccc(F)cc1)NCc1ccc(N2CCCC2=O)cc1. The number of amides is 2. The molecule has 1 N–H and O–H groups in total. The summed E-state index contributed by atoms with van der Waals surface area (Å²) in [6.07, 6.45) is 1.50. The number of carbonyl (C=O) groups is 2. The molecule has 0 radical (unpaired) electrons. The molecule has 25 heavy (non-hydrogen) atoms. The summed E-state index contributed by atoms with van der Waals surface area (Å²) in [6, 6.07) is 13.1. The van der Waals surface area contributed by atoms with Gasteiger partial charge in [0.2, 0.25) is 5.91 Å². The van der Waals surface area contributed by atoms with Gasteiger partial charge in [-0.25, -0.2) is 4.39 Å². The van der Waals surface area contributed by atoms with Gasteiger partial charge in [-0.05, 0) is 48.4 Å². The van der Waals surface area contributed by atoms with Crippen molar-refractivity contribution in [3.05, 3.63) is 59.9 Å². The molecule has 130 valence electrons. The van der Waals surface area contributed by atoms with Gasteiger partial charge in [0.15, 0.2) is 6.61 Å². The Morgan fingerprint density at radius 3 is 2.48 bits per heavy atom. The van der Waals surface area contributed by atoms with Crippen LogP contribution in [0.3, 0.4) is 0 Å². The number of ether oxygens (including phenoxy) is 1. The molecule has 5 nitrogen and oxygen atoms in total. The Hall–Kier alpha value is -2.89. The van der Waals surface area contributed by atoms with E-state index in [-0.39, 0.29) is 24.2 Å². The van der Waals surface area contributed by atoms with Crippen LogP contribution in [0.1, 0.15) is 18.4 Å². The van der Waals surface area contributed by atoms with Crippen LogP contribution in [-0.2, 0) is 16.1 Å². The van der Waals surface area contributed by atoms with Gasteiger partial charge in [-0.3, -0.25) is 9.59 Å². The lowest BCUT2D eigenvalue weighted by molar-refractivity contribution is -0.123. The smallest absolute Gasteiger partial charge is 0.258 e. The van der Waals surface area contributed by atoms with Gasteiger partial charge in [-0.2, -0.15) is 0 Å². The first-order valence-corrected chi connectivity index (χ1v) is 8.16. The van der Waals surface area contributed by atoms with E-state index in [1.165, 1.54) is 24.3 Å². The second-order valence-corrected chi connectivity index (χ2v) is 5.83. The Morgan fingerprint density at radius 2 is 1.84 bits per heavy atom. The lowest BCUT2D eigenvalue weighted by atomic mass is 10.2. The van der Waals surface area contributed by atoms with Crippen LogP contribution in [0, 0.1) is 5.82 Å². The summed E-state index contributed by atoms with van der Waals surface area (Å²) >= 11 is 0. The van der Waals surface area contributed by atoms with Crippen molar-refractivity contribution in [1.82, 2.24) is 5.32 Å². The van der Waals surface area contributed by atoms with E-state index in [0.29, 0.717) is 18.7 Å². The Labute approximate surface area is 145 Å². The number of nitrogens with zero attached hydrogens (tertiary/aromatic N) is 1. The van der Waals surface area contributed by atoms with Gasteiger partial charge >= 0.3 is 0 Å². The summed E-state index contributed by atoms with van der Waals surface area (Å²) in [5, 5.41) is 2.76. The molecular weight excluding hydrogens is 323 g/mol. The van der Waals surface area contributed by atoms with Crippen molar-refractivity contribution in [2.75, 3.05) is 18.1 Å². The third-order valence-corrected chi connectivity index (χ3v) is 3.99. The van der Waals surface area contributed by atoms with Crippen molar-refractivity contribution in [2.45, 2.75) is 19.4 Å². The molecular formula is C19H19FN2O3. The van der Waals surface area contributed by atoms with Crippen LogP contribution >= 0.6 is 0 Å². The zero-order valence-corrected chi connectivity index (χ0v) is 13.7. The lowest BCUT2D eigenvalue weighted by Crippen LogP contribution is -2.28. The number of hydrogen-bond donors (Lipinski definition) is 1. The molecule has 0 aromatic heterocycles. The van der Waals surface area contributed by atoms with Gasteiger partial charge in [0.05, 0.1) is 0 Å². The summed E-state index contributed by atoms with van der Waals surface area (Å²) in [5.74, 6) is -0.0193. The molecule has 6 heteroatoms. The van der Waals surface area contributed by atoms with Gasteiger partial charge < -0.3 is 15.0 Å². The van der Waals surface area contributed by atoms with E-state index in [9.17, 15) is 14.0 Å². The fraction of sp³-hybridized carbons (Fsp3) is 0.263. The summed E-state index contributed by atoms with van der Waals surface area (Å²) in [6.45, 7) is 1.00. The van der Waals surface area contributed by atoms with Crippen molar-refractivity contribution < 1.29 is 18.7 Å². The van der Waals surface area contributed by atoms with Crippen molar-refractivity contribution in [3.63, 3.8) is 0 Å². The molecule has 0 saturated carbocycles. The van der Waals surface area contributed by atoms with Crippen LogP contribution in [0.4, 0.5) is 10.1 Å². The monoisotopic (exact) mass is 342 g/mol. The number of hydrogen-bond acceptors (Lipinski definition) is 3. The molecule has 0 spiro atoms. The minimum Gasteiger partial charge on any atom is -0.484 e. The zero-order chi connectivity index (χ0) is 17.6. The largest absolute Gasteiger partial charge is 0.484 e. The molecule has 0 aliphatic carbocycles. The topological polar surface area (TPSA) is 58.6 Å². The molecule has 0 unspecified atom stereocenters. The van der Waals surface area contributed by atoms with Crippen LogP contribution in [-0.4, -0.2) is 25.0 Å². The highest BCUT2D eigenvalue weighted by Gasteiger charge is 2.21. The predicted octanol–water partition coefficient (Wildman–Crippen LogP) is 2.65. The minimum absolute atomic E-state index is 0.133. The maximum atomic E-state index is 12.8. The molecule has 1 fully saturated rings. The first-order chi connectivity index (χ1) is 12.1. The maximum absolute atomic E-state index is 12.8. The van der Waals surface area contributed by atoms with Crippen molar-refractivity contribution in [3.8, 4) is 5.75 Å². The van der Waals surface area contributed by atoms with Gasteiger partial charge in [-0.15, -0.1) is 0 Å². The second kappa shape index (κ2) is 7.79. The molecule has 2 aromatic carbocycles. The van der Waals surface area contributed by atoms with Crippen LogP contribution in [0.15, 0.2) is 48.5 Å². The molecule has 1 aliphatic heterocycles. The summed E-state index contributed by atoms with van der Waals surface area (Å²) in [5.41, 5.74) is 1.82. The summed E-state index contributed by atoms with van der Waals surface area (Å²) in [7, 11) is 0. The lowest BCUT2D eigenvalue weighted by Gasteiger charge is -2.16. The summed E-state index contributed by atoms with van der Waals surface area (Å²) < 4.78 is 18.1. The molecule has 1 heterocycles. The normalized spacial score (nSPS) is 13.8. The number of carbonyl (C=O) groups excluding carboxylic acids is 2. The van der Waals surface area contributed by atoms with Crippen molar-refractivity contribution >= 4 is 17.5 Å². The molecule has 1 saturated heterocycles. The highest BCUT2D eigenvalue weighted by atomic mass is 19.1. The quantitative estimate of drug-likeness (QED) is 0.878. The van der Waals surface area contributed by atoms with E-state index >= 15 is 0 Å². The van der Waals surface area contributed by atoms with Gasteiger partial charge in [0, 0.05) is 25.2 Å². The number of anilines is 1. The Balaban J connectivity index is 1.45. The average molecular weight is 342 g/mol. The highest BCUT2D eigenvalue weighted by molar-refractivity contribution is 5.95. The van der Waals surface area contributed by atoms with Gasteiger partial charge in [0.1, 0.15) is 11.6 Å². The van der Waals surface area contributed by atoms with Crippen LogP contribution in [0.25, 0.3) is 0 Å². The first-order valence-electron chi connectivity index (χ1n) is 8.16. The third-order valence-electron chi connectivity index (χ3n) is 3.99. The van der Waals surface area contributed by atoms with Crippen LogP contribution in [0.2, 0.25) is 0 Å². The molecule has 1 aliphatic rings. The van der Waals surface area contributed by atoms with Crippen molar-refractivity contribution in [2.24, 2.45) is 0 Å². The standard InChI is InChI=1S/C19H19FN2O3/c20-15-5-9-17(10-6-15)25-13-18(23)21-12-14-3-7-16(8-4-14)22-11-1-2-19(22)24/h3-10H,1-2,11-13H2,(H,21,23). The highest BCUT2D eigenvalue weighted by Crippen LogP contribution is 2.21. The van der Waals surface area contributed by atoms with Gasteiger partial charge in [-0.1, -0.05) is 12.1 Å². The van der Waals surface area contributed by atoms with E-state index < -0.39 is 0 Å². The summed E-state index contributed by atoms with van der Waals surface area (Å²) in [4.78, 5) is 25.3. The second-order valence-electron chi connectivity index (χ2n) is 5.83. The minimum atomic E-state index is -0.351. The molecule has 2 amide bonds. The maximum Gasteiger partial charge on any atom is 0.258 e. The van der Waals surface area contributed by atoms with Crippen LogP contribution < -0.4 is 15.0 Å². The van der Waals surface area contributed by atoms with E-state index in [2.05, 4.69) is 5.32 Å². The molecule has 0 atom stereocenters. The Bertz CT molecular complexity index is 744. The Morgan fingerprint density at radius 1 is 1.12 bits per heavy atom. The number of benzene rings is 2. The fourth-order valence-electron chi connectivity index (χ4n) is 2.65. The van der Waals surface area contributed by atoms with Gasteiger partial charge in [0.25, 0.3) is 5.91 Å². The molecule has 2 aromatic rings. The Kier molecular flexibility index (Phi) is 5.28. The van der Waals surface area contributed by atoms with Crippen LogP contribution in [0.5, 0.6) is 5.75 Å². The van der Waals surface area contributed by atoms with E-state index in [4.69, 9.17) is 4.74 Å². The van der Waals surface area contributed by atoms with E-state index in [1.807, 2.05) is 24.3 Å². The number of nitrogens with one attached hydrogen (secondary N) is 1.